The molecule has 1 aliphatic rings. The third-order valence-electron chi connectivity index (χ3n) is 3.76. The van der Waals surface area contributed by atoms with Gasteiger partial charge >= 0.3 is 0 Å². The van der Waals surface area contributed by atoms with E-state index in [4.69, 9.17) is 4.74 Å². The number of amides is 1. The number of rotatable bonds is 4. The molecule has 1 fully saturated rings. The van der Waals surface area contributed by atoms with E-state index in [0.29, 0.717) is 37.6 Å². The molecular weight excluding hydrogens is 328 g/mol. The van der Waals surface area contributed by atoms with Crippen LogP contribution in [-0.4, -0.2) is 44.9 Å². The Bertz CT molecular complexity index is 798. The average Bonchev–Trinajstić information content (AvgIpc) is 2.63. The molecule has 3 rings (SSSR count). The van der Waals surface area contributed by atoms with Gasteiger partial charge in [0.1, 0.15) is 0 Å². The third kappa shape index (κ3) is 3.64. The molecule has 6 nitrogen and oxygen atoms in total. The van der Waals surface area contributed by atoms with Crippen molar-refractivity contribution in [2.75, 3.05) is 31.6 Å². The highest BCUT2D eigenvalue weighted by atomic mass is 32.2. The summed E-state index contributed by atoms with van der Waals surface area (Å²) < 4.78 is 31.6. The molecule has 0 radical (unpaired) electrons. The summed E-state index contributed by atoms with van der Waals surface area (Å²) in [5.74, 6) is -0.237. The van der Waals surface area contributed by atoms with Crippen LogP contribution >= 0.6 is 0 Å². The third-order valence-corrected chi connectivity index (χ3v) is 5.67. The zero-order valence-corrected chi connectivity index (χ0v) is 13.8. The number of nitrogens with one attached hydrogen (secondary N) is 1. The van der Waals surface area contributed by atoms with Gasteiger partial charge in [-0.3, -0.25) is 4.79 Å². The van der Waals surface area contributed by atoms with Crippen molar-refractivity contribution in [2.45, 2.75) is 4.90 Å². The first-order valence-corrected chi connectivity index (χ1v) is 9.06. The first-order chi connectivity index (χ1) is 11.6. The molecule has 1 amide bonds. The van der Waals surface area contributed by atoms with E-state index in [9.17, 15) is 13.2 Å². The Labute approximate surface area is 141 Å². The number of sulfonamides is 1. The molecule has 0 aromatic heterocycles. The zero-order chi connectivity index (χ0) is 17.0. The van der Waals surface area contributed by atoms with Crippen LogP contribution in [0.15, 0.2) is 59.5 Å². The Morgan fingerprint density at radius 2 is 1.58 bits per heavy atom. The number of carbonyl (C=O) groups is 1. The minimum Gasteiger partial charge on any atom is -0.379 e. The molecule has 1 aliphatic heterocycles. The Morgan fingerprint density at radius 1 is 0.958 bits per heavy atom. The number of hydrogen-bond donors (Lipinski definition) is 1. The van der Waals surface area contributed by atoms with Crippen LogP contribution < -0.4 is 5.32 Å². The lowest BCUT2D eigenvalue weighted by atomic mass is 10.2. The molecule has 0 saturated carbocycles. The summed E-state index contributed by atoms with van der Waals surface area (Å²) in [4.78, 5) is 12.3. The molecule has 1 heterocycles. The highest BCUT2D eigenvalue weighted by Gasteiger charge is 2.26. The predicted molar refractivity (Wildman–Crippen MR) is 90.4 cm³/mol. The maximum Gasteiger partial charge on any atom is 0.255 e. The molecule has 2 aromatic carbocycles. The van der Waals surface area contributed by atoms with Gasteiger partial charge in [-0.2, -0.15) is 4.31 Å². The number of anilines is 1. The summed E-state index contributed by atoms with van der Waals surface area (Å²) >= 11 is 0. The van der Waals surface area contributed by atoms with Crippen LogP contribution in [0.4, 0.5) is 5.69 Å². The van der Waals surface area contributed by atoms with Gasteiger partial charge in [-0.25, -0.2) is 8.42 Å². The molecule has 24 heavy (non-hydrogen) atoms. The second kappa shape index (κ2) is 7.12. The predicted octanol–water partition coefficient (Wildman–Crippen LogP) is 1.96. The van der Waals surface area contributed by atoms with Crippen molar-refractivity contribution in [3.05, 3.63) is 60.2 Å². The standard InChI is InChI=1S/C17H18N2O4S/c20-17(14-4-2-1-3-5-14)18-15-6-8-16(9-7-15)24(21,22)19-10-12-23-13-11-19/h1-9H,10-13H2,(H,18,20). The van der Waals surface area contributed by atoms with Gasteiger partial charge < -0.3 is 10.1 Å². The number of carbonyl (C=O) groups excluding carboxylic acids is 1. The van der Waals surface area contributed by atoms with Crippen molar-refractivity contribution in [1.29, 1.82) is 0 Å². The zero-order valence-electron chi connectivity index (χ0n) is 13.0. The van der Waals surface area contributed by atoms with Gasteiger partial charge in [0.05, 0.1) is 18.1 Å². The Morgan fingerprint density at radius 3 is 2.21 bits per heavy atom. The summed E-state index contributed by atoms with van der Waals surface area (Å²) in [5.41, 5.74) is 1.09. The highest BCUT2D eigenvalue weighted by molar-refractivity contribution is 7.89. The van der Waals surface area contributed by atoms with Crippen LogP contribution in [0.25, 0.3) is 0 Å². The van der Waals surface area contributed by atoms with Crippen LogP contribution in [0.3, 0.4) is 0 Å². The lowest BCUT2D eigenvalue weighted by Crippen LogP contribution is -2.40. The summed E-state index contributed by atoms with van der Waals surface area (Å²) in [6.45, 7) is 1.53. The van der Waals surface area contributed by atoms with Crippen LogP contribution in [0.1, 0.15) is 10.4 Å². The lowest BCUT2D eigenvalue weighted by Gasteiger charge is -2.26. The quantitative estimate of drug-likeness (QED) is 0.918. The summed E-state index contributed by atoms with van der Waals surface area (Å²) in [5, 5.41) is 2.75. The fourth-order valence-electron chi connectivity index (χ4n) is 2.44. The van der Waals surface area contributed by atoms with Crippen molar-refractivity contribution < 1.29 is 17.9 Å². The average molecular weight is 346 g/mol. The van der Waals surface area contributed by atoms with Crippen LogP contribution in [0.5, 0.6) is 0 Å². The molecule has 1 saturated heterocycles. The number of benzene rings is 2. The van der Waals surface area contributed by atoms with E-state index in [1.165, 1.54) is 16.4 Å². The van der Waals surface area contributed by atoms with Crippen LogP contribution in [-0.2, 0) is 14.8 Å². The van der Waals surface area contributed by atoms with E-state index in [-0.39, 0.29) is 10.8 Å². The van der Waals surface area contributed by atoms with Crippen molar-refractivity contribution in [3.8, 4) is 0 Å². The second-order valence-electron chi connectivity index (χ2n) is 5.36. The van der Waals surface area contributed by atoms with Crippen molar-refractivity contribution >= 4 is 21.6 Å². The molecular formula is C17H18N2O4S. The van der Waals surface area contributed by atoms with Gasteiger partial charge in [-0.05, 0) is 36.4 Å². The van der Waals surface area contributed by atoms with Gasteiger partial charge in [0, 0.05) is 24.3 Å². The fourth-order valence-corrected chi connectivity index (χ4v) is 3.85. The monoisotopic (exact) mass is 346 g/mol. The second-order valence-corrected chi connectivity index (χ2v) is 7.30. The number of morpholine rings is 1. The fraction of sp³-hybridized carbons (Fsp3) is 0.235. The first-order valence-electron chi connectivity index (χ1n) is 7.62. The SMILES string of the molecule is O=C(Nc1ccc(S(=O)(=O)N2CCOCC2)cc1)c1ccccc1. The maximum absolute atomic E-state index is 12.5. The first kappa shape index (κ1) is 16.6. The van der Waals surface area contributed by atoms with E-state index < -0.39 is 10.0 Å². The van der Waals surface area contributed by atoms with E-state index >= 15 is 0 Å². The molecule has 2 aromatic rings. The molecule has 1 N–H and O–H groups in total. The van der Waals surface area contributed by atoms with Gasteiger partial charge in [0.15, 0.2) is 0 Å². The van der Waals surface area contributed by atoms with E-state index in [0.717, 1.165) is 0 Å². The Balaban J connectivity index is 1.72. The van der Waals surface area contributed by atoms with E-state index in [2.05, 4.69) is 5.32 Å². The normalized spacial score (nSPS) is 15.8. The van der Waals surface area contributed by atoms with Gasteiger partial charge in [-0.15, -0.1) is 0 Å². The molecule has 7 heteroatoms. The minimum absolute atomic E-state index is 0.210. The lowest BCUT2D eigenvalue weighted by molar-refractivity contribution is 0.0730. The smallest absolute Gasteiger partial charge is 0.255 e. The summed E-state index contributed by atoms with van der Waals surface area (Å²) in [6.07, 6.45) is 0. The molecule has 126 valence electrons. The van der Waals surface area contributed by atoms with Crippen molar-refractivity contribution in [3.63, 3.8) is 0 Å². The minimum atomic E-state index is -3.52. The Kier molecular flexibility index (Phi) is 4.94. The molecule has 0 aliphatic carbocycles. The number of ether oxygens (including phenoxy) is 1. The van der Waals surface area contributed by atoms with Gasteiger partial charge in [0.25, 0.3) is 5.91 Å². The summed E-state index contributed by atoms with van der Waals surface area (Å²) in [7, 11) is -3.52. The van der Waals surface area contributed by atoms with Crippen LogP contribution in [0, 0.1) is 0 Å². The Hall–Kier alpha value is -2.22. The number of hydrogen-bond acceptors (Lipinski definition) is 4. The van der Waals surface area contributed by atoms with E-state index in [1.807, 2.05) is 6.07 Å². The van der Waals surface area contributed by atoms with E-state index in [1.54, 1.807) is 36.4 Å². The van der Waals surface area contributed by atoms with Crippen molar-refractivity contribution in [2.24, 2.45) is 0 Å². The molecule has 0 spiro atoms. The van der Waals surface area contributed by atoms with Crippen LogP contribution in [0.2, 0.25) is 0 Å². The van der Waals surface area contributed by atoms with Gasteiger partial charge in [-0.1, -0.05) is 18.2 Å². The van der Waals surface area contributed by atoms with Crippen molar-refractivity contribution in [1.82, 2.24) is 4.31 Å². The van der Waals surface area contributed by atoms with Gasteiger partial charge in [0.2, 0.25) is 10.0 Å². The largest absolute Gasteiger partial charge is 0.379 e. The maximum atomic E-state index is 12.5. The molecule has 0 bridgehead atoms. The molecule has 0 atom stereocenters. The topological polar surface area (TPSA) is 75.7 Å². The molecule has 0 unspecified atom stereocenters. The summed E-state index contributed by atoms with van der Waals surface area (Å²) in [6, 6.07) is 15.0. The number of nitrogens with zero attached hydrogens (tertiary/aromatic N) is 1. The highest BCUT2D eigenvalue weighted by Crippen LogP contribution is 2.19.